The Morgan fingerprint density at radius 1 is 1.39 bits per heavy atom. The highest BCUT2D eigenvalue weighted by Gasteiger charge is 2.33. The van der Waals surface area contributed by atoms with Crippen LogP contribution in [0.4, 0.5) is 8.78 Å². The zero-order valence-corrected chi connectivity index (χ0v) is 10.4. The van der Waals surface area contributed by atoms with Crippen molar-refractivity contribution in [2.45, 2.75) is 12.8 Å². The van der Waals surface area contributed by atoms with Crippen molar-refractivity contribution in [1.82, 2.24) is 4.90 Å². The van der Waals surface area contributed by atoms with Crippen molar-refractivity contribution in [3.05, 3.63) is 35.9 Å². The summed E-state index contributed by atoms with van der Waals surface area (Å²) in [7, 11) is 1.50. The molecule has 1 N–H and O–H groups in total. The molecule has 100 valence electrons. The summed E-state index contributed by atoms with van der Waals surface area (Å²) in [4.78, 5) is 12.0. The van der Waals surface area contributed by atoms with E-state index in [0.717, 1.165) is 0 Å². The molecule has 0 aliphatic carbocycles. The average molecular weight is 257 g/mol. The van der Waals surface area contributed by atoms with Crippen LogP contribution in [0.3, 0.4) is 0 Å². The lowest BCUT2D eigenvalue weighted by Crippen LogP contribution is -2.36. The van der Waals surface area contributed by atoms with Crippen molar-refractivity contribution in [2.75, 3.05) is 20.1 Å². The molecular formula is C13H17F2NO2. The lowest BCUT2D eigenvalue weighted by molar-refractivity contribution is -0.142. The molecule has 1 aromatic rings. The smallest absolute Gasteiger partial charge is 0.307 e. The molecule has 5 heteroatoms. The highest BCUT2D eigenvalue weighted by Crippen LogP contribution is 2.28. The van der Waals surface area contributed by atoms with E-state index < -0.39 is 24.4 Å². The minimum atomic E-state index is -2.98. The molecule has 0 aromatic heterocycles. The van der Waals surface area contributed by atoms with Gasteiger partial charge in [-0.2, -0.15) is 8.78 Å². The van der Waals surface area contributed by atoms with Gasteiger partial charge in [0.15, 0.2) is 0 Å². The van der Waals surface area contributed by atoms with Crippen LogP contribution in [0.25, 0.3) is 0 Å². The molecule has 0 radical (unpaired) electrons. The number of halogens is 2. The second-order valence-corrected chi connectivity index (χ2v) is 4.51. The minimum Gasteiger partial charge on any atom is -0.481 e. The lowest BCUT2D eigenvalue weighted by atomic mass is 10.1. The number of likely N-dealkylation sites (N-methyl/N-ethyl adjacent to an activating group) is 1. The first kappa shape index (κ1) is 14.6. The third-order valence-electron chi connectivity index (χ3n) is 2.67. The summed E-state index contributed by atoms with van der Waals surface area (Å²) in [6.45, 7) is 1.10. The lowest BCUT2D eigenvalue weighted by Gasteiger charge is -2.25. The molecule has 0 saturated heterocycles. The van der Waals surface area contributed by atoms with E-state index in [9.17, 15) is 13.6 Å². The van der Waals surface area contributed by atoms with Gasteiger partial charge in [0.25, 0.3) is 5.92 Å². The Morgan fingerprint density at radius 3 is 2.44 bits per heavy atom. The van der Waals surface area contributed by atoms with E-state index in [1.807, 2.05) is 0 Å². The molecule has 0 spiro atoms. The number of aliphatic carboxylic acids is 1. The maximum absolute atomic E-state index is 13.9. The van der Waals surface area contributed by atoms with Crippen LogP contribution in [0, 0.1) is 5.92 Å². The maximum Gasteiger partial charge on any atom is 0.307 e. The van der Waals surface area contributed by atoms with Crippen LogP contribution in [0.5, 0.6) is 0 Å². The molecule has 1 unspecified atom stereocenters. The first-order valence-corrected chi connectivity index (χ1v) is 5.67. The van der Waals surface area contributed by atoms with Gasteiger partial charge in [0.2, 0.25) is 0 Å². The Balaban J connectivity index is 2.63. The number of carbonyl (C=O) groups is 1. The number of carboxylic acid groups (broad SMARTS) is 1. The number of hydrogen-bond donors (Lipinski definition) is 1. The van der Waals surface area contributed by atoms with Crippen molar-refractivity contribution in [3.8, 4) is 0 Å². The number of rotatable bonds is 6. The van der Waals surface area contributed by atoms with Crippen LogP contribution in [-0.4, -0.2) is 36.1 Å². The van der Waals surface area contributed by atoms with Gasteiger partial charge in [0.1, 0.15) is 0 Å². The largest absolute Gasteiger partial charge is 0.481 e. The summed E-state index contributed by atoms with van der Waals surface area (Å²) >= 11 is 0. The molecule has 3 nitrogen and oxygen atoms in total. The van der Waals surface area contributed by atoms with Gasteiger partial charge in [0, 0.05) is 12.1 Å². The molecule has 1 rings (SSSR count). The van der Waals surface area contributed by atoms with Crippen LogP contribution in [0.15, 0.2) is 30.3 Å². The van der Waals surface area contributed by atoms with E-state index in [0.29, 0.717) is 0 Å². The molecule has 1 atom stereocenters. The Labute approximate surface area is 105 Å². The minimum absolute atomic E-state index is 0.0557. The van der Waals surface area contributed by atoms with Gasteiger partial charge >= 0.3 is 5.97 Å². The number of benzene rings is 1. The SMILES string of the molecule is CC(CN(C)CC(F)(F)c1ccccc1)C(=O)O. The molecule has 0 aliphatic heterocycles. The Morgan fingerprint density at radius 2 is 1.94 bits per heavy atom. The zero-order valence-electron chi connectivity index (χ0n) is 10.4. The Bertz CT molecular complexity index is 395. The van der Waals surface area contributed by atoms with E-state index in [2.05, 4.69) is 0 Å². The van der Waals surface area contributed by atoms with Gasteiger partial charge < -0.3 is 5.11 Å². The summed E-state index contributed by atoms with van der Waals surface area (Å²) in [5.41, 5.74) is -0.0557. The molecule has 0 aliphatic rings. The predicted octanol–water partition coefficient (Wildman–Crippen LogP) is 2.43. The molecule has 0 bridgehead atoms. The molecule has 18 heavy (non-hydrogen) atoms. The zero-order chi connectivity index (χ0) is 13.8. The molecule has 0 fully saturated rings. The quantitative estimate of drug-likeness (QED) is 0.851. The average Bonchev–Trinajstić information content (AvgIpc) is 2.29. The maximum atomic E-state index is 13.9. The van der Waals surface area contributed by atoms with Crippen molar-refractivity contribution in [1.29, 1.82) is 0 Å². The van der Waals surface area contributed by atoms with Crippen molar-refractivity contribution >= 4 is 5.97 Å². The van der Waals surface area contributed by atoms with E-state index in [1.165, 1.54) is 31.0 Å². The van der Waals surface area contributed by atoms with Crippen LogP contribution >= 0.6 is 0 Å². The Hall–Kier alpha value is -1.49. The molecular weight excluding hydrogens is 240 g/mol. The first-order valence-electron chi connectivity index (χ1n) is 5.67. The number of carboxylic acids is 1. The fraction of sp³-hybridized carbons (Fsp3) is 0.462. The van der Waals surface area contributed by atoms with Gasteiger partial charge in [-0.05, 0) is 7.05 Å². The van der Waals surface area contributed by atoms with Gasteiger partial charge in [-0.25, -0.2) is 0 Å². The summed E-state index contributed by atoms with van der Waals surface area (Å²) in [5.74, 6) is -4.62. The van der Waals surface area contributed by atoms with E-state index in [1.54, 1.807) is 18.2 Å². The van der Waals surface area contributed by atoms with Crippen LogP contribution < -0.4 is 0 Å². The monoisotopic (exact) mass is 257 g/mol. The van der Waals surface area contributed by atoms with Gasteiger partial charge in [0.05, 0.1) is 12.5 Å². The summed E-state index contributed by atoms with van der Waals surface area (Å²) in [6.07, 6.45) is 0. The fourth-order valence-electron chi connectivity index (χ4n) is 1.72. The number of alkyl halides is 2. The normalized spacial score (nSPS) is 13.6. The standard InChI is InChI=1S/C13H17F2NO2/c1-10(12(17)18)8-16(2)9-13(14,15)11-6-4-3-5-7-11/h3-7,10H,8-9H2,1-2H3,(H,17,18). The molecule has 0 heterocycles. The topological polar surface area (TPSA) is 40.5 Å². The van der Waals surface area contributed by atoms with Crippen molar-refractivity contribution in [2.24, 2.45) is 5.92 Å². The van der Waals surface area contributed by atoms with Gasteiger partial charge in [-0.3, -0.25) is 9.69 Å². The van der Waals surface area contributed by atoms with Crippen molar-refractivity contribution < 1.29 is 18.7 Å². The van der Waals surface area contributed by atoms with Gasteiger partial charge in [-0.1, -0.05) is 37.3 Å². The van der Waals surface area contributed by atoms with Gasteiger partial charge in [-0.15, -0.1) is 0 Å². The van der Waals surface area contributed by atoms with E-state index in [4.69, 9.17) is 5.11 Å². The third kappa shape index (κ3) is 4.07. The number of hydrogen-bond acceptors (Lipinski definition) is 2. The summed E-state index contributed by atoms with van der Waals surface area (Å²) < 4.78 is 27.7. The van der Waals surface area contributed by atoms with E-state index in [-0.39, 0.29) is 12.1 Å². The Kier molecular flexibility index (Phi) is 4.78. The second kappa shape index (κ2) is 5.91. The van der Waals surface area contributed by atoms with Crippen LogP contribution in [-0.2, 0) is 10.7 Å². The summed E-state index contributed by atoms with van der Waals surface area (Å²) in [5, 5.41) is 8.73. The first-order chi connectivity index (χ1) is 8.33. The molecule has 0 saturated carbocycles. The molecule has 0 amide bonds. The number of nitrogens with zero attached hydrogens (tertiary/aromatic N) is 1. The van der Waals surface area contributed by atoms with Crippen LogP contribution in [0.2, 0.25) is 0 Å². The highest BCUT2D eigenvalue weighted by atomic mass is 19.3. The van der Waals surface area contributed by atoms with E-state index >= 15 is 0 Å². The summed E-state index contributed by atoms with van der Waals surface area (Å²) in [6, 6.07) is 7.53. The highest BCUT2D eigenvalue weighted by molar-refractivity contribution is 5.69. The third-order valence-corrected chi connectivity index (χ3v) is 2.67. The predicted molar refractivity (Wildman–Crippen MR) is 64.6 cm³/mol. The molecule has 1 aromatic carbocycles. The fourth-order valence-corrected chi connectivity index (χ4v) is 1.72. The van der Waals surface area contributed by atoms with Crippen LogP contribution in [0.1, 0.15) is 12.5 Å². The second-order valence-electron chi connectivity index (χ2n) is 4.51. The van der Waals surface area contributed by atoms with Crippen molar-refractivity contribution in [3.63, 3.8) is 0 Å².